The second-order valence-electron chi connectivity index (χ2n) is 6.55. The Bertz CT molecular complexity index is 901. The van der Waals surface area contributed by atoms with Gasteiger partial charge in [-0.3, -0.25) is 4.79 Å². The third-order valence-electron chi connectivity index (χ3n) is 4.68. The highest BCUT2D eigenvalue weighted by molar-refractivity contribution is 5.84. The minimum absolute atomic E-state index is 0.0779. The Morgan fingerprint density at radius 2 is 2.19 bits per heavy atom. The molecule has 1 aliphatic heterocycles. The third kappa shape index (κ3) is 3.56. The number of nitrogens with zero attached hydrogens (tertiary/aromatic N) is 3. The minimum atomic E-state index is -0.0980. The molecule has 1 aliphatic carbocycles. The molecule has 4 rings (SSSR count). The second kappa shape index (κ2) is 7.24. The van der Waals surface area contributed by atoms with Gasteiger partial charge in [-0.15, -0.1) is 5.10 Å². The fourth-order valence-electron chi connectivity index (χ4n) is 3.25. The van der Waals surface area contributed by atoms with Crippen LogP contribution in [0.15, 0.2) is 48.3 Å². The quantitative estimate of drug-likeness (QED) is 0.742. The van der Waals surface area contributed by atoms with Gasteiger partial charge in [-0.1, -0.05) is 12.2 Å². The van der Waals surface area contributed by atoms with E-state index in [1.807, 2.05) is 12.2 Å². The molecule has 8 heteroatoms. The molecule has 0 bridgehead atoms. The van der Waals surface area contributed by atoms with E-state index in [9.17, 15) is 9.90 Å². The largest absolute Gasteiger partial charge is 0.508 e. The molecule has 140 valence electrons. The summed E-state index contributed by atoms with van der Waals surface area (Å²) in [5.41, 5.74) is 0.739. The molecule has 0 fully saturated rings. The van der Waals surface area contributed by atoms with E-state index in [0.717, 1.165) is 17.7 Å². The van der Waals surface area contributed by atoms with Crippen molar-refractivity contribution in [3.8, 4) is 17.1 Å². The van der Waals surface area contributed by atoms with Gasteiger partial charge in [0.25, 0.3) is 5.91 Å². The van der Waals surface area contributed by atoms with E-state index in [2.05, 4.69) is 26.8 Å². The van der Waals surface area contributed by atoms with Crippen LogP contribution in [0.1, 0.15) is 17.6 Å². The first-order valence-electron chi connectivity index (χ1n) is 8.84. The highest BCUT2D eigenvalue weighted by atomic mass is 16.5. The molecule has 2 aliphatic rings. The van der Waals surface area contributed by atoms with Crippen LogP contribution in [0.25, 0.3) is 11.4 Å². The molecule has 1 aromatic carbocycles. The number of carbonyl (C=O) groups excluding carboxylic acids is 1. The number of hydrogen-bond acceptors (Lipinski definition) is 7. The summed E-state index contributed by atoms with van der Waals surface area (Å²) < 4.78 is 6.71. The van der Waals surface area contributed by atoms with Crippen LogP contribution < -0.4 is 10.6 Å². The number of phenolic OH excluding ortho intramolecular Hbond substituents is 1. The summed E-state index contributed by atoms with van der Waals surface area (Å²) in [6.45, 7) is 0.604. The summed E-state index contributed by atoms with van der Waals surface area (Å²) in [4.78, 5) is 16.9. The van der Waals surface area contributed by atoms with Gasteiger partial charge in [0, 0.05) is 12.1 Å². The number of methoxy groups -OCH3 is 1. The first-order valence-corrected chi connectivity index (χ1v) is 8.84. The normalized spacial score (nSPS) is 21.4. The lowest BCUT2D eigenvalue weighted by Crippen LogP contribution is -2.44. The van der Waals surface area contributed by atoms with E-state index in [0.29, 0.717) is 24.7 Å². The van der Waals surface area contributed by atoms with Gasteiger partial charge in [-0.2, -0.15) is 9.67 Å². The number of hydrogen-bond donors (Lipinski definition) is 3. The molecule has 0 radical (unpaired) electrons. The molecular weight excluding hydrogens is 346 g/mol. The number of rotatable bonds is 5. The number of ether oxygens (including phenoxy) is 1. The summed E-state index contributed by atoms with van der Waals surface area (Å²) in [5.74, 6) is 1.84. The van der Waals surface area contributed by atoms with Crippen molar-refractivity contribution in [2.75, 3.05) is 19.0 Å². The zero-order chi connectivity index (χ0) is 18.8. The topological polar surface area (TPSA) is 101 Å². The molecule has 1 aromatic heterocycles. The van der Waals surface area contributed by atoms with Crippen LogP contribution in [-0.4, -0.2) is 51.5 Å². The maximum absolute atomic E-state index is 12.5. The number of fused-ring (bicyclic) bond motifs is 1. The Hall–Kier alpha value is -3.13. The van der Waals surface area contributed by atoms with Gasteiger partial charge < -0.3 is 20.5 Å². The zero-order valence-electron chi connectivity index (χ0n) is 14.9. The smallest absolute Gasteiger partial charge is 0.252 e. The van der Waals surface area contributed by atoms with Crippen molar-refractivity contribution in [1.82, 2.24) is 20.1 Å². The Labute approximate surface area is 156 Å². The van der Waals surface area contributed by atoms with Crippen molar-refractivity contribution in [1.29, 1.82) is 0 Å². The van der Waals surface area contributed by atoms with Crippen molar-refractivity contribution < 1.29 is 14.6 Å². The van der Waals surface area contributed by atoms with Gasteiger partial charge in [0.15, 0.2) is 5.82 Å². The average Bonchev–Trinajstić information content (AvgIpc) is 3.12. The number of anilines is 1. The number of carbonyl (C=O) groups is 1. The fourth-order valence-corrected chi connectivity index (χ4v) is 3.25. The standard InChI is InChI=1S/C19H21N5O3/c1-27-16-5-3-2-4-15(16)20-11-13-10-17(26)24-19(21-13)22-18(23-24)12-6-8-14(25)9-7-12/h2-3,5-9,13,15,20,25H,4,10-11H2,1H3,(H,21,22,23). The van der Waals surface area contributed by atoms with Crippen molar-refractivity contribution in [2.45, 2.75) is 24.9 Å². The van der Waals surface area contributed by atoms with E-state index in [1.54, 1.807) is 31.4 Å². The summed E-state index contributed by atoms with van der Waals surface area (Å²) in [7, 11) is 1.66. The Morgan fingerprint density at radius 1 is 1.37 bits per heavy atom. The van der Waals surface area contributed by atoms with Gasteiger partial charge in [0.1, 0.15) is 11.5 Å². The second-order valence-corrected chi connectivity index (χ2v) is 6.55. The maximum atomic E-state index is 12.5. The molecule has 0 saturated carbocycles. The van der Waals surface area contributed by atoms with E-state index in [1.165, 1.54) is 4.68 Å². The number of allylic oxidation sites excluding steroid dienone is 2. The van der Waals surface area contributed by atoms with Gasteiger partial charge in [-0.25, -0.2) is 0 Å². The zero-order valence-corrected chi connectivity index (χ0v) is 14.9. The molecular formula is C19H21N5O3. The number of aromatic hydroxyl groups is 1. The van der Waals surface area contributed by atoms with E-state index < -0.39 is 0 Å². The van der Waals surface area contributed by atoms with Crippen molar-refractivity contribution in [2.24, 2.45) is 0 Å². The summed E-state index contributed by atoms with van der Waals surface area (Å²) in [5, 5.41) is 20.4. The van der Waals surface area contributed by atoms with Gasteiger partial charge in [0.2, 0.25) is 5.95 Å². The molecule has 27 heavy (non-hydrogen) atoms. The van der Waals surface area contributed by atoms with Crippen molar-refractivity contribution in [3.05, 3.63) is 48.3 Å². The van der Waals surface area contributed by atoms with Crippen LogP contribution in [-0.2, 0) is 4.74 Å². The SMILES string of the molecule is COC1=CC=CCC1NCC1CC(=O)n2nc(-c3ccc(O)cc3)nc2N1. The number of nitrogens with one attached hydrogen (secondary N) is 2. The van der Waals surface area contributed by atoms with E-state index in [-0.39, 0.29) is 23.7 Å². The van der Waals surface area contributed by atoms with E-state index in [4.69, 9.17) is 4.74 Å². The molecule has 0 amide bonds. The first-order chi connectivity index (χ1) is 13.1. The summed E-state index contributed by atoms with van der Waals surface area (Å²) >= 11 is 0. The summed E-state index contributed by atoms with van der Waals surface area (Å²) in [6, 6.07) is 6.59. The van der Waals surface area contributed by atoms with Crippen molar-refractivity contribution >= 4 is 11.9 Å². The monoisotopic (exact) mass is 367 g/mol. The maximum Gasteiger partial charge on any atom is 0.252 e. The molecule has 3 N–H and O–H groups in total. The lowest BCUT2D eigenvalue weighted by molar-refractivity contribution is 0.0871. The number of benzene rings is 1. The molecule has 8 nitrogen and oxygen atoms in total. The predicted octanol–water partition coefficient (Wildman–Crippen LogP) is 1.92. The van der Waals surface area contributed by atoms with Crippen LogP contribution in [0.4, 0.5) is 5.95 Å². The summed E-state index contributed by atoms with van der Waals surface area (Å²) in [6.07, 6.45) is 7.18. The van der Waals surface area contributed by atoms with Crippen LogP contribution in [0.2, 0.25) is 0 Å². The first kappa shape index (κ1) is 17.3. The van der Waals surface area contributed by atoms with Crippen molar-refractivity contribution in [3.63, 3.8) is 0 Å². The highest BCUT2D eigenvalue weighted by Crippen LogP contribution is 2.23. The van der Waals surface area contributed by atoms with Crippen LogP contribution >= 0.6 is 0 Å². The Balaban J connectivity index is 1.45. The molecule has 0 spiro atoms. The molecule has 2 atom stereocenters. The third-order valence-corrected chi connectivity index (χ3v) is 4.68. The number of phenols is 1. The fraction of sp³-hybridized carbons (Fsp3) is 0.316. The van der Waals surface area contributed by atoms with Crippen LogP contribution in [0, 0.1) is 0 Å². The molecule has 2 heterocycles. The van der Waals surface area contributed by atoms with Gasteiger partial charge in [-0.05, 0) is 36.8 Å². The van der Waals surface area contributed by atoms with Crippen LogP contribution in [0.5, 0.6) is 5.75 Å². The number of aromatic nitrogens is 3. The van der Waals surface area contributed by atoms with E-state index >= 15 is 0 Å². The lowest BCUT2D eigenvalue weighted by Gasteiger charge is -2.27. The van der Waals surface area contributed by atoms with Crippen LogP contribution in [0.3, 0.4) is 0 Å². The average molecular weight is 367 g/mol. The predicted molar refractivity (Wildman–Crippen MR) is 100 cm³/mol. The van der Waals surface area contributed by atoms with Gasteiger partial charge >= 0.3 is 0 Å². The molecule has 2 unspecified atom stereocenters. The Kier molecular flexibility index (Phi) is 4.64. The lowest BCUT2D eigenvalue weighted by atomic mass is 10.1. The van der Waals surface area contributed by atoms with Gasteiger partial charge in [0.05, 0.1) is 25.6 Å². The highest BCUT2D eigenvalue weighted by Gasteiger charge is 2.28. The molecule has 2 aromatic rings. The Morgan fingerprint density at radius 3 is 2.96 bits per heavy atom. The molecule has 0 saturated heterocycles. The minimum Gasteiger partial charge on any atom is -0.508 e.